The molecule has 0 aliphatic heterocycles. The highest BCUT2D eigenvalue weighted by Crippen LogP contribution is 2.16. The molecule has 0 atom stereocenters. The number of nitrogens with zero attached hydrogens (tertiary/aromatic N) is 2. The van der Waals surface area contributed by atoms with E-state index in [2.05, 4.69) is 33.6 Å². The van der Waals surface area contributed by atoms with Crippen LogP contribution in [0.5, 0.6) is 0 Å². The van der Waals surface area contributed by atoms with E-state index in [9.17, 15) is 4.79 Å². The van der Waals surface area contributed by atoms with Crippen LogP contribution in [-0.2, 0) is 15.1 Å². The van der Waals surface area contributed by atoms with Gasteiger partial charge in [0.05, 0.1) is 29.8 Å². The summed E-state index contributed by atoms with van der Waals surface area (Å²) in [5, 5.41) is 8.19. The molecule has 0 saturated heterocycles. The van der Waals surface area contributed by atoms with E-state index in [1.165, 1.54) is 5.57 Å². The first-order chi connectivity index (χ1) is 11.8. The van der Waals surface area contributed by atoms with Gasteiger partial charge in [-0.3, -0.25) is 4.79 Å². The highest BCUT2D eigenvalue weighted by atomic mass is 16.5. The summed E-state index contributed by atoms with van der Waals surface area (Å²) in [6.07, 6.45) is 4.54. The van der Waals surface area contributed by atoms with Crippen molar-refractivity contribution >= 4 is 17.6 Å². The van der Waals surface area contributed by atoms with Crippen molar-refractivity contribution in [3.63, 3.8) is 0 Å². The fraction of sp³-hybridized carbons (Fsp3) is 0.632. The molecule has 1 aliphatic rings. The molecular weight excluding hydrogens is 316 g/mol. The molecule has 0 fully saturated rings. The molecule has 6 heteroatoms. The highest BCUT2D eigenvalue weighted by molar-refractivity contribution is 5.77. The standard InChI is InChI=1S/C19H30N4O2/c1-13-7-6-8-15-17(13)21-14(2)22-18(15)19(3,4)23-16(24)9-11-25-12-10-20-5/h8,20H,6-7,9-12H2,1-5H3,(H,23,24). The second-order valence-electron chi connectivity index (χ2n) is 7.04. The fourth-order valence-corrected chi connectivity index (χ4v) is 3.04. The van der Waals surface area contributed by atoms with Crippen LogP contribution in [-0.4, -0.2) is 42.7 Å². The smallest absolute Gasteiger partial charge is 0.223 e. The van der Waals surface area contributed by atoms with E-state index < -0.39 is 5.54 Å². The van der Waals surface area contributed by atoms with Crippen molar-refractivity contribution in [3.8, 4) is 0 Å². The molecule has 25 heavy (non-hydrogen) atoms. The molecule has 138 valence electrons. The molecule has 0 saturated carbocycles. The Morgan fingerprint density at radius 1 is 1.28 bits per heavy atom. The van der Waals surface area contributed by atoms with Crippen LogP contribution >= 0.6 is 0 Å². The molecule has 0 bridgehead atoms. The summed E-state index contributed by atoms with van der Waals surface area (Å²) >= 11 is 0. The van der Waals surface area contributed by atoms with E-state index in [0.717, 1.165) is 41.5 Å². The Morgan fingerprint density at radius 2 is 2.04 bits per heavy atom. The van der Waals surface area contributed by atoms with Crippen molar-refractivity contribution in [2.45, 2.75) is 52.5 Å². The zero-order valence-corrected chi connectivity index (χ0v) is 16.0. The Bertz CT molecular complexity index is 741. The molecule has 1 aromatic rings. The van der Waals surface area contributed by atoms with Crippen molar-refractivity contribution in [1.29, 1.82) is 0 Å². The number of aromatic nitrogens is 2. The number of aryl methyl sites for hydroxylation is 1. The number of ether oxygens (including phenoxy) is 1. The summed E-state index contributed by atoms with van der Waals surface area (Å²) in [5.74, 6) is 0.706. The van der Waals surface area contributed by atoms with Gasteiger partial charge in [-0.2, -0.15) is 0 Å². The van der Waals surface area contributed by atoms with E-state index in [-0.39, 0.29) is 5.91 Å². The Hall–Kier alpha value is -1.79. The van der Waals surface area contributed by atoms with E-state index in [4.69, 9.17) is 4.74 Å². The minimum Gasteiger partial charge on any atom is -0.380 e. The minimum absolute atomic E-state index is 0.0315. The largest absolute Gasteiger partial charge is 0.380 e. The predicted octanol–water partition coefficient (Wildman–Crippen LogP) is 0.507. The summed E-state index contributed by atoms with van der Waals surface area (Å²) in [4.78, 5) is 21.6. The minimum atomic E-state index is -0.562. The number of nitrogens with one attached hydrogen (secondary N) is 2. The molecule has 0 radical (unpaired) electrons. The van der Waals surface area contributed by atoms with Crippen LogP contribution in [0.2, 0.25) is 0 Å². The zero-order valence-electron chi connectivity index (χ0n) is 16.0. The monoisotopic (exact) mass is 346 g/mol. The second-order valence-corrected chi connectivity index (χ2v) is 7.04. The van der Waals surface area contributed by atoms with E-state index in [1.807, 2.05) is 27.8 Å². The number of hydrogen-bond donors (Lipinski definition) is 2. The molecule has 6 nitrogen and oxygen atoms in total. The molecule has 0 spiro atoms. The summed E-state index contributed by atoms with van der Waals surface area (Å²) in [6.45, 7) is 9.82. The number of fused-ring (bicyclic) bond motifs is 1. The van der Waals surface area contributed by atoms with Crippen molar-refractivity contribution in [2.24, 2.45) is 0 Å². The lowest BCUT2D eigenvalue weighted by Crippen LogP contribution is -2.49. The van der Waals surface area contributed by atoms with Crippen molar-refractivity contribution in [1.82, 2.24) is 20.6 Å². The molecule has 0 aromatic carbocycles. The van der Waals surface area contributed by atoms with Crippen molar-refractivity contribution in [2.75, 3.05) is 26.8 Å². The number of amides is 1. The highest BCUT2D eigenvalue weighted by Gasteiger charge is 2.27. The number of hydrogen-bond acceptors (Lipinski definition) is 5. The Kier molecular flexibility index (Phi) is 6.67. The molecule has 1 aromatic heterocycles. The quantitative estimate of drug-likeness (QED) is 0.671. The third-order valence-corrected chi connectivity index (χ3v) is 4.34. The number of carbonyl (C=O) groups excluding carboxylic acids is 1. The van der Waals surface area contributed by atoms with Gasteiger partial charge in [0.25, 0.3) is 0 Å². The number of likely N-dealkylation sites (N-methyl/N-ethyl adjacent to an activating group) is 1. The van der Waals surface area contributed by atoms with Crippen molar-refractivity contribution < 1.29 is 9.53 Å². The molecular formula is C19H30N4O2. The maximum absolute atomic E-state index is 12.3. The van der Waals surface area contributed by atoms with Gasteiger partial charge in [0.2, 0.25) is 5.91 Å². The molecule has 2 rings (SSSR count). The number of carbonyl (C=O) groups is 1. The van der Waals surface area contributed by atoms with Crippen LogP contribution in [0.3, 0.4) is 0 Å². The van der Waals surface area contributed by atoms with Gasteiger partial charge in [-0.25, -0.2) is 9.97 Å². The topological polar surface area (TPSA) is 76.1 Å². The van der Waals surface area contributed by atoms with Gasteiger partial charge in [-0.15, -0.1) is 0 Å². The molecule has 1 amide bonds. The van der Waals surface area contributed by atoms with Crippen LogP contribution < -0.4 is 21.2 Å². The van der Waals surface area contributed by atoms with Gasteiger partial charge < -0.3 is 15.4 Å². The number of rotatable bonds is 8. The first kappa shape index (κ1) is 19.5. The third kappa shape index (κ3) is 5.09. The second kappa shape index (κ2) is 8.54. The van der Waals surface area contributed by atoms with Gasteiger partial charge in [0, 0.05) is 18.2 Å². The normalized spacial score (nSPS) is 14.0. The fourth-order valence-electron chi connectivity index (χ4n) is 3.04. The molecule has 2 N–H and O–H groups in total. The van der Waals surface area contributed by atoms with E-state index >= 15 is 0 Å². The Labute approximate surface area is 149 Å². The van der Waals surface area contributed by atoms with E-state index in [0.29, 0.717) is 19.6 Å². The predicted molar refractivity (Wildman–Crippen MR) is 99.3 cm³/mol. The Morgan fingerprint density at radius 3 is 2.76 bits per heavy atom. The Balaban J connectivity index is 2.15. The van der Waals surface area contributed by atoms with Crippen LogP contribution in [0.15, 0.2) is 0 Å². The van der Waals surface area contributed by atoms with Gasteiger partial charge >= 0.3 is 0 Å². The summed E-state index contributed by atoms with van der Waals surface area (Å²) in [7, 11) is 1.87. The maximum Gasteiger partial charge on any atom is 0.223 e. The summed E-state index contributed by atoms with van der Waals surface area (Å²) in [5.41, 5.74) is 1.61. The van der Waals surface area contributed by atoms with Gasteiger partial charge in [0.15, 0.2) is 0 Å². The molecule has 0 unspecified atom stereocenters. The lowest BCUT2D eigenvalue weighted by Gasteiger charge is -2.27. The first-order valence-electron chi connectivity index (χ1n) is 8.93. The summed E-state index contributed by atoms with van der Waals surface area (Å²) in [6, 6.07) is 0. The maximum atomic E-state index is 12.3. The lowest BCUT2D eigenvalue weighted by atomic mass is 9.94. The van der Waals surface area contributed by atoms with Gasteiger partial charge in [0.1, 0.15) is 5.82 Å². The van der Waals surface area contributed by atoms with Crippen molar-refractivity contribution in [3.05, 3.63) is 22.1 Å². The average molecular weight is 346 g/mol. The van der Waals surface area contributed by atoms with Crippen LogP contribution in [0.4, 0.5) is 0 Å². The third-order valence-electron chi connectivity index (χ3n) is 4.34. The average Bonchev–Trinajstić information content (AvgIpc) is 2.54. The zero-order chi connectivity index (χ0) is 18.4. The lowest BCUT2D eigenvalue weighted by molar-refractivity contribution is -0.123. The molecule has 1 heterocycles. The SMILES string of the molecule is CNCCOCCC(=O)NC(C)(C)c1nc(C)nc2c1=CCCC=2C. The first-order valence-corrected chi connectivity index (χ1v) is 8.93. The molecule has 1 aliphatic carbocycles. The van der Waals surface area contributed by atoms with Gasteiger partial charge in [-0.05, 0) is 53.2 Å². The van der Waals surface area contributed by atoms with Crippen LogP contribution in [0, 0.1) is 6.92 Å². The van der Waals surface area contributed by atoms with E-state index in [1.54, 1.807) is 0 Å². The van der Waals surface area contributed by atoms with Crippen LogP contribution in [0.1, 0.15) is 51.6 Å². The van der Waals surface area contributed by atoms with Crippen LogP contribution in [0.25, 0.3) is 11.6 Å². The van der Waals surface area contributed by atoms with Gasteiger partial charge in [-0.1, -0.05) is 6.08 Å². The summed E-state index contributed by atoms with van der Waals surface area (Å²) < 4.78 is 5.43.